The van der Waals surface area contributed by atoms with Crippen LogP contribution in [-0.2, 0) is 0 Å². The van der Waals surface area contributed by atoms with E-state index in [1.165, 1.54) is 0 Å². The van der Waals surface area contributed by atoms with Crippen molar-refractivity contribution in [3.05, 3.63) is 47.7 Å². The zero-order valence-electron chi connectivity index (χ0n) is 16.3. The summed E-state index contributed by atoms with van der Waals surface area (Å²) in [4.78, 5) is 0. The van der Waals surface area contributed by atoms with Crippen LogP contribution in [0.15, 0.2) is 36.5 Å². The number of nitrogens with one attached hydrogen (secondary N) is 2. The molecule has 1 fully saturated rings. The van der Waals surface area contributed by atoms with Gasteiger partial charge in [0.05, 0.1) is 24.0 Å². The van der Waals surface area contributed by atoms with E-state index in [-0.39, 0.29) is 0 Å². The van der Waals surface area contributed by atoms with Gasteiger partial charge in [-0.1, -0.05) is 6.92 Å². The van der Waals surface area contributed by atoms with Crippen molar-refractivity contribution in [2.24, 2.45) is 0 Å². The van der Waals surface area contributed by atoms with Crippen LogP contribution in [0, 0.1) is 11.3 Å². The van der Waals surface area contributed by atoms with Crippen LogP contribution in [0.25, 0.3) is 5.52 Å². The van der Waals surface area contributed by atoms with E-state index in [2.05, 4.69) is 28.7 Å². The van der Waals surface area contributed by atoms with Crippen molar-refractivity contribution in [1.29, 1.82) is 5.26 Å². The summed E-state index contributed by atoms with van der Waals surface area (Å²) in [6.45, 7) is 5.59. The van der Waals surface area contributed by atoms with Crippen molar-refractivity contribution >= 4 is 22.7 Å². The lowest BCUT2D eigenvalue weighted by atomic mass is 10.0. The van der Waals surface area contributed by atoms with Gasteiger partial charge in [-0.05, 0) is 62.4 Å². The van der Waals surface area contributed by atoms with Gasteiger partial charge in [0.25, 0.3) is 0 Å². The van der Waals surface area contributed by atoms with Gasteiger partial charge >= 0.3 is 0 Å². The minimum Gasteiger partial charge on any atom is -0.494 e. The van der Waals surface area contributed by atoms with Gasteiger partial charge in [0, 0.05) is 17.8 Å². The minimum absolute atomic E-state index is 0.449. The Kier molecular flexibility index (Phi) is 5.07. The minimum atomic E-state index is 0.449. The molecule has 0 saturated heterocycles. The zero-order chi connectivity index (χ0) is 19.5. The Hall–Kier alpha value is -3.20. The molecular formula is C22H25N5O. The summed E-state index contributed by atoms with van der Waals surface area (Å²) in [6, 6.07) is 12.2. The molecule has 0 unspecified atom stereocenters. The van der Waals surface area contributed by atoms with E-state index in [1.54, 1.807) is 6.20 Å². The molecule has 0 atom stereocenters. The van der Waals surface area contributed by atoms with Crippen LogP contribution in [0.5, 0.6) is 5.75 Å². The Labute approximate surface area is 165 Å². The second kappa shape index (κ2) is 7.81. The maximum atomic E-state index is 9.86. The largest absolute Gasteiger partial charge is 0.494 e. The maximum Gasteiger partial charge on any atom is 0.138 e. The maximum absolute atomic E-state index is 9.86. The van der Waals surface area contributed by atoms with Gasteiger partial charge in [-0.2, -0.15) is 10.4 Å². The van der Waals surface area contributed by atoms with Crippen LogP contribution >= 0.6 is 0 Å². The van der Waals surface area contributed by atoms with Crippen LogP contribution in [0.3, 0.4) is 0 Å². The highest BCUT2D eigenvalue weighted by atomic mass is 16.5. The number of hydrogen-bond acceptors (Lipinski definition) is 5. The van der Waals surface area contributed by atoms with E-state index >= 15 is 0 Å². The second-order valence-corrected chi connectivity index (χ2v) is 7.04. The molecular weight excluding hydrogens is 350 g/mol. The molecule has 0 aliphatic heterocycles. The number of anilines is 3. The number of fused-ring (bicyclic) bond motifs is 1. The van der Waals surface area contributed by atoms with E-state index in [9.17, 15) is 5.26 Å². The average molecular weight is 375 g/mol. The van der Waals surface area contributed by atoms with Gasteiger partial charge in [-0.25, -0.2) is 4.52 Å². The molecule has 0 bridgehead atoms. The molecule has 1 saturated carbocycles. The fourth-order valence-electron chi connectivity index (χ4n) is 3.54. The molecule has 3 aromatic rings. The first-order valence-electron chi connectivity index (χ1n) is 9.94. The van der Waals surface area contributed by atoms with Gasteiger partial charge in [-0.3, -0.25) is 0 Å². The number of benzene rings is 1. The van der Waals surface area contributed by atoms with E-state index < -0.39 is 0 Å². The molecule has 4 rings (SSSR count). The number of nitrogens with zero attached hydrogens (tertiary/aromatic N) is 3. The molecule has 6 nitrogen and oxygen atoms in total. The molecule has 2 aromatic heterocycles. The number of nitriles is 1. The predicted octanol–water partition coefficient (Wildman–Crippen LogP) is 5.05. The smallest absolute Gasteiger partial charge is 0.138 e. The molecule has 2 heterocycles. The van der Waals surface area contributed by atoms with Gasteiger partial charge in [0.15, 0.2) is 0 Å². The van der Waals surface area contributed by atoms with Gasteiger partial charge in [0.2, 0.25) is 0 Å². The van der Waals surface area contributed by atoms with E-state index in [0.29, 0.717) is 18.1 Å². The van der Waals surface area contributed by atoms with Crippen molar-refractivity contribution in [1.82, 2.24) is 9.61 Å². The fourth-order valence-corrected chi connectivity index (χ4v) is 3.54. The van der Waals surface area contributed by atoms with Crippen LogP contribution in [0.1, 0.15) is 50.2 Å². The Morgan fingerprint density at radius 3 is 2.64 bits per heavy atom. The number of rotatable bonds is 8. The standard InChI is InChI=1S/C22H25N5O/c1-3-12-24-21-18(14-23)19-11-13-25-27(19)22(20(21)15-5-6-15)26-16-7-9-17(10-8-16)28-4-2/h7-11,13,15,24,26H,3-6,12H2,1-2H3. The highest BCUT2D eigenvalue weighted by Gasteiger charge is 2.33. The quantitative estimate of drug-likeness (QED) is 0.576. The number of hydrogen-bond donors (Lipinski definition) is 2. The molecule has 1 aromatic carbocycles. The average Bonchev–Trinajstić information content (AvgIpc) is 3.43. The van der Waals surface area contributed by atoms with E-state index in [1.807, 2.05) is 41.8 Å². The van der Waals surface area contributed by atoms with Crippen LogP contribution in [0.4, 0.5) is 17.2 Å². The van der Waals surface area contributed by atoms with Gasteiger partial charge in [0.1, 0.15) is 23.2 Å². The van der Waals surface area contributed by atoms with E-state index in [4.69, 9.17) is 4.74 Å². The highest BCUT2D eigenvalue weighted by Crippen LogP contribution is 2.49. The third kappa shape index (κ3) is 3.36. The molecule has 28 heavy (non-hydrogen) atoms. The molecule has 0 spiro atoms. The topological polar surface area (TPSA) is 74.4 Å². The first-order valence-corrected chi connectivity index (χ1v) is 9.94. The van der Waals surface area contributed by atoms with Crippen molar-refractivity contribution < 1.29 is 4.74 Å². The van der Waals surface area contributed by atoms with Crippen molar-refractivity contribution in [2.75, 3.05) is 23.8 Å². The first kappa shape index (κ1) is 18.2. The van der Waals surface area contributed by atoms with Crippen LogP contribution < -0.4 is 15.4 Å². The van der Waals surface area contributed by atoms with Crippen LogP contribution in [-0.4, -0.2) is 22.8 Å². The highest BCUT2D eigenvalue weighted by molar-refractivity contribution is 5.83. The van der Waals surface area contributed by atoms with Crippen molar-refractivity contribution in [3.63, 3.8) is 0 Å². The molecule has 2 N–H and O–H groups in total. The summed E-state index contributed by atoms with van der Waals surface area (Å²) in [7, 11) is 0. The molecule has 6 heteroatoms. The van der Waals surface area contributed by atoms with Crippen molar-refractivity contribution in [2.45, 2.75) is 39.0 Å². The number of aromatic nitrogens is 2. The number of ether oxygens (including phenoxy) is 1. The lowest BCUT2D eigenvalue weighted by molar-refractivity contribution is 0.340. The predicted molar refractivity (Wildman–Crippen MR) is 112 cm³/mol. The first-order chi connectivity index (χ1) is 13.8. The lowest BCUT2D eigenvalue weighted by Gasteiger charge is -2.20. The Morgan fingerprint density at radius 1 is 1.21 bits per heavy atom. The third-order valence-corrected chi connectivity index (χ3v) is 4.96. The lowest BCUT2D eigenvalue weighted by Crippen LogP contribution is -2.12. The summed E-state index contributed by atoms with van der Waals surface area (Å²) in [6.07, 6.45) is 5.02. The summed E-state index contributed by atoms with van der Waals surface area (Å²) in [5.41, 5.74) is 4.57. The second-order valence-electron chi connectivity index (χ2n) is 7.04. The van der Waals surface area contributed by atoms with Crippen molar-refractivity contribution in [3.8, 4) is 11.8 Å². The summed E-state index contributed by atoms with van der Waals surface area (Å²) < 4.78 is 7.40. The molecule has 0 radical (unpaired) electrons. The molecule has 1 aliphatic carbocycles. The van der Waals surface area contributed by atoms with E-state index in [0.717, 1.165) is 59.8 Å². The van der Waals surface area contributed by atoms with Gasteiger partial charge in [-0.15, -0.1) is 0 Å². The monoisotopic (exact) mass is 375 g/mol. The normalized spacial score (nSPS) is 13.3. The SMILES string of the molecule is CCCNc1c(C2CC2)c(Nc2ccc(OCC)cc2)n2nccc2c1C#N. The Morgan fingerprint density at radius 2 is 2.00 bits per heavy atom. The van der Waals surface area contributed by atoms with Gasteiger partial charge < -0.3 is 15.4 Å². The molecule has 0 amide bonds. The molecule has 144 valence electrons. The summed E-state index contributed by atoms with van der Waals surface area (Å²) in [5, 5.41) is 21.4. The third-order valence-electron chi connectivity index (χ3n) is 4.96. The number of pyridine rings is 1. The Bertz CT molecular complexity index is 1010. The molecule has 1 aliphatic rings. The fraction of sp³-hybridized carbons (Fsp3) is 0.364. The van der Waals surface area contributed by atoms with Crippen LogP contribution in [0.2, 0.25) is 0 Å². The Balaban J connectivity index is 1.83. The summed E-state index contributed by atoms with van der Waals surface area (Å²) >= 11 is 0. The zero-order valence-corrected chi connectivity index (χ0v) is 16.3. The summed E-state index contributed by atoms with van der Waals surface area (Å²) in [5.74, 6) is 2.24.